The number of carbonyl (C=O) groups is 2. The van der Waals surface area contributed by atoms with Gasteiger partial charge >= 0.3 is 6.18 Å². The van der Waals surface area contributed by atoms with Gasteiger partial charge in [-0.05, 0) is 42.0 Å². The van der Waals surface area contributed by atoms with Crippen LogP contribution in [0.4, 0.5) is 18.9 Å². The number of imide groups is 1. The maximum atomic E-state index is 13.5. The van der Waals surface area contributed by atoms with E-state index in [1.807, 2.05) is 0 Å². The van der Waals surface area contributed by atoms with E-state index in [1.165, 1.54) is 31.4 Å². The van der Waals surface area contributed by atoms with Crippen LogP contribution < -0.4 is 9.64 Å². The van der Waals surface area contributed by atoms with Crippen molar-refractivity contribution in [1.82, 2.24) is 4.98 Å². The first kappa shape index (κ1) is 20.9. The largest absolute Gasteiger partial charge is 0.497 e. The fourth-order valence-corrected chi connectivity index (χ4v) is 3.73. The molecule has 1 unspecified atom stereocenters. The predicted octanol–water partition coefficient (Wildman–Crippen LogP) is 5.08. The van der Waals surface area contributed by atoms with Gasteiger partial charge in [-0.1, -0.05) is 29.8 Å². The van der Waals surface area contributed by atoms with Crippen LogP contribution in [-0.2, 0) is 11.0 Å². The van der Waals surface area contributed by atoms with Crippen LogP contribution in [0.15, 0.2) is 60.8 Å². The first-order valence-corrected chi connectivity index (χ1v) is 9.44. The molecule has 5 nitrogen and oxygen atoms in total. The van der Waals surface area contributed by atoms with Crippen molar-refractivity contribution in [1.29, 1.82) is 0 Å². The van der Waals surface area contributed by atoms with Crippen LogP contribution in [-0.4, -0.2) is 23.9 Å². The quantitative estimate of drug-likeness (QED) is 0.526. The molecule has 0 aliphatic carbocycles. The summed E-state index contributed by atoms with van der Waals surface area (Å²) in [6.07, 6.45) is -4.10. The van der Waals surface area contributed by atoms with Crippen LogP contribution in [0.5, 0.6) is 5.75 Å². The van der Waals surface area contributed by atoms with Gasteiger partial charge in [0.15, 0.2) is 0 Å². The molecule has 0 spiro atoms. The van der Waals surface area contributed by atoms with Gasteiger partial charge in [0, 0.05) is 16.8 Å². The highest BCUT2D eigenvalue weighted by molar-refractivity contribution is 6.32. The predicted molar refractivity (Wildman–Crippen MR) is 107 cm³/mol. The molecule has 4 rings (SSSR count). The molecule has 158 valence electrons. The van der Waals surface area contributed by atoms with E-state index in [1.54, 1.807) is 24.3 Å². The smallest absolute Gasteiger partial charge is 0.417 e. The summed E-state index contributed by atoms with van der Waals surface area (Å²) in [5, 5.41) is 0.188. The van der Waals surface area contributed by atoms with Gasteiger partial charge in [0.1, 0.15) is 11.4 Å². The Morgan fingerprint density at radius 2 is 1.71 bits per heavy atom. The minimum absolute atomic E-state index is 0.136. The lowest BCUT2D eigenvalue weighted by atomic mass is 9.84. The van der Waals surface area contributed by atoms with Crippen molar-refractivity contribution in [3.8, 4) is 5.75 Å². The molecule has 2 aromatic carbocycles. The second kappa shape index (κ2) is 7.70. The first-order chi connectivity index (χ1) is 14.7. The maximum Gasteiger partial charge on any atom is 0.417 e. The number of anilines is 1. The Morgan fingerprint density at radius 1 is 1.03 bits per heavy atom. The molecular weight excluding hydrogens is 433 g/mol. The van der Waals surface area contributed by atoms with Gasteiger partial charge in [0.05, 0.1) is 24.3 Å². The lowest BCUT2D eigenvalue weighted by Crippen LogP contribution is -2.46. The number of ether oxygens (including phenoxy) is 1. The van der Waals surface area contributed by atoms with Crippen LogP contribution in [0.25, 0.3) is 0 Å². The van der Waals surface area contributed by atoms with Gasteiger partial charge in [-0.2, -0.15) is 13.2 Å². The summed E-state index contributed by atoms with van der Waals surface area (Å²) in [5.41, 5.74) is -0.916. The third-order valence-corrected chi connectivity index (χ3v) is 5.32. The number of benzene rings is 2. The Labute approximate surface area is 180 Å². The third-order valence-electron chi connectivity index (χ3n) is 4.98. The number of halogens is 4. The number of rotatable bonds is 3. The van der Waals surface area contributed by atoms with E-state index >= 15 is 0 Å². The number of methoxy groups -OCH3 is 1. The van der Waals surface area contributed by atoms with Crippen LogP contribution in [0.1, 0.15) is 33.1 Å². The molecule has 9 heteroatoms. The Balaban J connectivity index is 1.93. The highest BCUT2D eigenvalue weighted by Crippen LogP contribution is 2.41. The molecule has 0 saturated heterocycles. The SMILES string of the molecule is COc1ccc(N2C(=O)c3ncc(C(F)(F)F)cc3C(c3ccccc3Cl)C2=O)cc1. The molecule has 1 aliphatic rings. The lowest BCUT2D eigenvalue weighted by Gasteiger charge is -2.32. The molecule has 0 bridgehead atoms. The average Bonchev–Trinajstić information content (AvgIpc) is 2.74. The molecule has 0 saturated carbocycles. The summed E-state index contributed by atoms with van der Waals surface area (Å²) in [6.45, 7) is 0. The van der Waals surface area contributed by atoms with E-state index in [2.05, 4.69) is 4.98 Å². The van der Waals surface area contributed by atoms with E-state index in [0.717, 1.165) is 11.0 Å². The zero-order valence-corrected chi connectivity index (χ0v) is 16.7. The third kappa shape index (κ3) is 3.63. The van der Waals surface area contributed by atoms with Crippen molar-refractivity contribution in [3.63, 3.8) is 0 Å². The highest BCUT2D eigenvalue weighted by atomic mass is 35.5. The van der Waals surface area contributed by atoms with Crippen LogP contribution in [0, 0.1) is 0 Å². The van der Waals surface area contributed by atoms with Crippen molar-refractivity contribution >= 4 is 29.1 Å². The molecule has 3 aromatic rings. The molecular formula is C22H14ClF3N2O3. The van der Waals surface area contributed by atoms with Gasteiger partial charge in [-0.15, -0.1) is 0 Å². The van der Waals surface area contributed by atoms with Gasteiger partial charge in [-0.3, -0.25) is 14.6 Å². The zero-order valence-electron chi connectivity index (χ0n) is 16.0. The van der Waals surface area contributed by atoms with Gasteiger partial charge in [-0.25, -0.2) is 4.90 Å². The van der Waals surface area contributed by atoms with Crippen molar-refractivity contribution in [2.75, 3.05) is 12.0 Å². The maximum absolute atomic E-state index is 13.5. The summed E-state index contributed by atoms with van der Waals surface area (Å²) in [6, 6.07) is 13.3. The van der Waals surface area contributed by atoms with Crippen molar-refractivity contribution in [2.45, 2.75) is 12.1 Å². The number of amides is 2. The average molecular weight is 447 g/mol. The van der Waals surface area contributed by atoms with E-state index < -0.39 is 29.5 Å². The summed E-state index contributed by atoms with van der Waals surface area (Å²) in [5.74, 6) is -2.27. The van der Waals surface area contributed by atoms with Crippen molar-refractivity contribution in [3.05, 3.63) is 88.2 Å². The molecule has 1 aromatic heterocycles. The number of carbonyl (C=O) groups excluding carboxylic acids is 2. The molecule has 0 radical (unpaired) electrons. The van der Waals surface area contributed by atoms with Crippen molar-refractivity contribution in [2.24, 2.45) is 0 Å². The second-order valence-electron chi connectivity index (χ2n) is 6.79. The molecule has 2 amide bonds. The number of hydrogen-bond acceptors (Lipinski definition) is 4. The van der Waals surface area contributed by atoms with E-state index in [-0.39, 0.29) is 27.5 Å². The number of hydrogen-bond donors (Lipinski definition) is 0. The minimum Gasteiger partial charge on any atom is -0.497 e. The minimum atomic E-state index is -4.69. The number of alkyl halides is 3. The first-order valence-electron chi connectivity index (χ1n) is 9.06. The molecule has 2 heterocycles. The lowest BCUT2D eigenvalue weighted by molar-refractivity contribution is -0.138. The summed E-state index contributed by atoms with van der Waals surface area (Å²) in [7, 11) is 1.47. The number of pyridine rings is 1. The van der Waals surface area contributed by atoms with E-state index in [0.29, 0.717) is 11.9 Å². The van der Waals surface area contributed by atoms with Gasteiger partial charge in [0.25, 0.3) is 5.91 Å². The Morgan fingerprint density at radius 3 is 2.32 bits per heavy atom. The monoisotopic (exact) mass is 446 g/mol. The summed E-state index contributed by atoms with van der Waals surface area (Å²) < 4.78 is 45.0. The Kier molecular flexibility index (Phi) is 5.18. The van der Waals surface area contributed by atoms with Crippen LogP contribution in [0.3, 0.4) is 0 Å². The topological polar surface area (TPSA) is 59.5 Å². The van der Waals surface area contributed by atoms with Crippen LogP contribution >= 0.6 is 11.6 Å². The molecule has 31 heavy (non-hydrogen) atoms. The second-order valence-corrected chi connectivity index (χ2v) is 7.20. The fraction of sp³-hybridized carbons (Fsp3) is 0.136. The Hall–Kier alpha value is -3.39. The number of aromatic nitrogens is 1. The summed E-state index contributed by atoms with van der Waals surface area (Å²) in [4.78, 5) is 31.3. The van der Waals surface area contributed by atoms with Gasteiger partial charge in [0.2, 0.25) is 5.91 Å². The molecule has 0 N–H and O–H groups in total. The number of fused-ring (bicyclic) bond motifs is 1. The van der Waals surface area contributed by atoms with E-state index in [9.17, 15) is 22.8 Å². The molecule has 0 fully saturated rings. The van der Waals surface area contributed by atoms with Crippen LogP contribution in [0.2, 0.25) is 5.02 Å². The molecule has 1 atom stereocenters. The molecule has 1 aliphatic heterocycles. The Bertz CT molecular complexity index is 1180. The highest BCUT2D eigenvalue weighted by Gasteiger charge is 2.44. The normalized spacial score (nSPS) is 16.3. The summed E-state index contributed by atoms with van der Waals surface area (Å²) >= 11 is 6.27. The van der Waals surface area contributed by atoms with E-state index in [4.69, 9.17) is 16.3 Å². The zero-order chi connectivity index (χ0) is 22.3. The standard InChI is InChI=1S/C22H14ClF3N2O3/c1-31-14-8-6-13(7-9-14)28-20(29)18(15-4-2-3-5-17(15)23)16-10-12(22(24,25)26)11-27-19(16)21(28)30/h2-11,18H,1H3. The number of nitrogens with zero attached hydrogens (tertiary/aromatic N) is 2. The fourth-order valence-electron chi connectivity index (χ4n) is 3.49. The van der Waals surface area contributed by atoms with Crippen molar-refractivity contribution < 1.29 is 27.5 Å². The van der Waals surface area contributed by atoms with Gasteiger partial charge < -0.3 is 4.74 Å².